The number of hydrogen-bond donors (Lipinski definition) is 0. The van der Waals surface area contributed by atoms with Crippen LogP contribution in [0.25, 0.3) is 0 Å². The van der Waals surface area contributed by atoms with E-state index in [0.29, 0.717) is 5.92 Å². The van der Waals surface area contributed by atoms with Crippen molar-refractivity contribution in [2.24, 2.45) is 11.8 Å². The van der Waals surface area contributed by atoms with Gasteiger partial charge in [0.25, 0.3) is 0 Å². The maximum Gasteiger partial charge on any atom is 0.140 e. The summed E-state index contributed by atoms with van der Waals surface area (Å²) in [5, 5.41) is 4.26. The van der Waals surface area contributed by atoms with Crippen LogP contribution in [0.1, 0.15) is 30.2 Å². The summed E-state index contributed by atoms with van der Waals surface area (Å²) in [5.74, 6) is 4.39. The highest BCUT2D eigenvalue weighted by molar-refractivity contribution is 5.39. The van der Waals surface area contributed by atoms with Gasteiger partial charge in [-0.15, -0.1) is 0 Å². The number of hydrogen-bond acceptors (Lipinski definition) is 5. The first-order chi connectivity index (χ1) is 11.3. The molecule has 4 heterocycles. The Morgan fingerprint density at radius 1 is 1.09 bits per heavy atom. The maximum absolute atomic E-state index is 5.47. The second-order valence-electron chi connectivity index (χ2n) is 7.30. The molecule has 5 heteroatoms. The fraction of sp³-hybridized carbons (Fsp3) is 0.556. The van der Waals surface area contributed by atoms with Crippen LogP contribution in [-0.2, 0) is 6.54 Å². The summed E-state index contributed by atoms with van der Waals surface area (Å²) in [6.07, 6.45) is 4.43. The van der Waals surface area contributed by atoms with E-state index in [-0.39, 0.29) is 0 Å². The zero-order valence-electron chi connectivity index (χ0n) is 13.3. The summed E-state index contributed by atoms with van der Waals surface area (Å²) in [6.45, 7) is 5.53. The molecule has 0 aromatic carbocycles. The minimum atomic E-state index is 0.654. The van der Waals surface area contributed by atoms with Crippen LogP contribution >= 0.6 is 0 Å². The van der Waals surface area contributed by atoms with E-state index in [1.54, 1.807) is 0 Å². The van der Waals surface area contributed by atoms with Crippen LogP contribution in [0.5, 0.6) is 0 Å². The molecule has 120 valence electrons. The Morgan fingerprint density at radius 2 is 1.91 bits per heavy atom. The van der Waals surface area contributed by atoms with Gasteiger partial charge in [0.05, 0.1) is 5.69 Å². The molecule has 1 aliphatic carbocycles. The number of rotatable bonds is 4. The Kier molecular flexibility index (Phi) is 3.14. The third-order valence-electron chi connectivity index (χ3n) is 5.48. The quantitative estimate of drug-likeness (QED) is 0.868. The highest BCUT2D eigenvalue weighted by atomic mass is 16.5. The molecule has 5 rings (SSSR count). The van der Waals surface area contributed by atoms with Gasteiger partial charge in [-0.25, -0.2) is 4.98 Å². The van der Waals surface area contributed by atoms with E-state index in [2.05, 4.69) is 38.1 Å². The van der Waals surface area contributed by atoms with Gasteiger partial charge in [0.2, 0.25) is 0 Å². The molecular weight excluding hydrogens is 288 g/mol. The first kappa shape index (κ1) is 13.5. The summed E-state index contributed by atoms with van der Waals surface area (Å²) in [4.78, 5) is 9.47. The van der Waals surface area contributed by atoms with Crippen LogP contribution < -0.4 is 4.90 Å². The normalized spacial score (nSPS) is 27.6. The lowest BCUT2D eigenvalue weighted by molar-refractivity contribution is 0.293. The Balaban J connectivity index is 1.20. The van der Waals surface area contributed by atoms with Gasteiger partial charge in [0.1, 0.15) is 11.6 Å². The lowest BCUT2D eigenvalue weighted by Crippen LogP contribution is -2.29. The minimum Gasteiger partial charge on any atom is -0.361 e. The molecule has 2 aromatic rings. The molecule has 0 spiro atoms. The van der Waals surface area contributed by atoms with E-state index in [0.717, 1.165) is 48.7 Å². The van der Waals surface area contributed by atoms with Crippen molar-refractivity contribution in [3.63, 3.8) is 0 Å². The second kappa shape index (κ2) is 5.34. The van der Waals surface area contributed by atoms with E-state index in [1.807, 2.05) is 12.3 Å². The molecule has 2 saturated heterocycles. The highest BCUT2D eigenvalue weighted by Crippen LogP contribution is 2.40. The van der Waals surface area contributed by atoms with Gasteiger partial charge < -0.3 is 9.42 Å². The van der Waals surface area contributed by atoms with E-state index < -0.39 is 0 Å². The fourth-order valence-corrected chi connectivity index (χ4v) is 4.14. The molecule has 2 aliphatic heterocycles. The lowest BCUT2D eigenvalue weighted by atomic mass is 10.0. The van der Waals surface area contributed by atoms with Crippen molar-refractivity contribution in [2.75, 3.05) is 31.1 Å². The molecule has 1 saturated carbocycles. The fourth-order valence-electron chi connectivity index (χ4n) is 4.14. The van der Waals surface area contributed by atoms with Gasteiger partial charge in [-0.3, -0.25) is 4.90 Å². The van der Waals surface area contributed by atoms with Crippen LogP contribution in [0.15, 0.2) is 35.0 Å². The van der Waals surface area contributed by atoms with Crippen molar-refractivity contribution in [3.05, 3.63) is 41.9 Å². The lowest BCUT2D eigenvalue weighted by Gasteiger charge is -2.21. The number of pyridine rings is 1. The zero-order chi connectivity index (χ0) is 15.2. The van der Waals surface area contributed by atoms with Crippen molar-refractivity contribution in [2.45, 2.75) is 25.3 Å². The molecule has 3 fully saturated rings. The molecule has 3 aliphatic rings. The highest BCUT2D eigenvalue weighted by Gasteiger charge is 2.40. The van der Waals surface area contributed by atoms with Crippen LogP contribution in [-0.4, -0.2) is 41.2 Å². The Labute approximate surface area is 136 Å². The molecule has 0 bridgehead atoms. The van der Waals surface area contributed by atoms with E-state index in [1.165, 1.54) is 25.9 Å². The summed E-state index contributed by atoms with van der Waals surface area (Å²) in [6, 6.07) is 8.35. The number of anilines is 1. The number of aromatic nitrogens is 2. The molecule has 5 nitrogen and oxygen atoms in total. The van der Waals surface area contributed by atoms with Gasteiger partial charge in [-0.05, 0) is 36.8 Å². The van der Waals surface area contributed by atoms with E-state index in [9.17, 15) is 0 Å². The second-order valence-corrected chi connectivity index (χ2v) is 7.30. The minimum absolute atomic E-state index is 0.654. The Morgan fingerprint density at radius 3 is 2.61 bits per heavy atom. The molecule has 0 radical (unpaired) electrons. The topological polar surface area (TPSA) is 45.4 Å². The predicted molar refractivity (Wildman–Crippen MR) is 87.2 cm³/mol. The first-order valence-corrected chi connectivity index (χ1v) is 8.69. The third-order valence-corrected chi connectivity index (χ3v) is 5.48. The number of likely N-dealkylation sites (tertiary alicyclic amines) is 1. The summed E-state index contributed by atoms with van der Waals surface area (Å²) in [7, 11) is 0. The molecule has 2 aromatic heterocycles. The maximum atomic E-state index is 5.47. The van der Waals surface area contributed by atoms with Crippen LogP contribution in [0.4, 0.5) is 5.82 Å². The average Bonchev–Trinajstić information content (AvgIpc) is 3.01. The van der Waals surface area contributed by atoms with Gasteiger partial charge in [0, 0.05) is 50.9 Å². The molecule has 2 atom stereocenters. The average molecular weight is 310 g/mol. The van der Waals surface area contributed by atoms with Crippen molar-refractivity contribution >= 4 is 5.82 Å². The van der Waals surface area contributed by atoms with Gasteiger partial charge >= 0.3 is 0 Å². The zero-order valence-corrected chi connectivity index (χ0v) is 13.3. The summed E-state index contributed by atoms with van der Waals surface area (Å²) >= 11 is 0. The van der Waals surface area contributed by atoms with Gasteiger partial charge in [-0.2, -0.15) is 0 Å². The molecule has 23 heavy (non-hydrogen) atoms. The van der Waals surface area contributed by atoms with Gasteiger partial charge in [0.15, 0.2) is 0 Å². The summed E-state index contributed by atoms with van der Waals surface area (Å²) < 4.78 is 5.47. The molecule has 0 amide bonds. The van der Waals surface area contributed by atoms with Gasteiger partial charge in [-0.1, -0.05) is 11.2 Å². The smallest absolute Gasteiger partial charge is 0.140 e. The standard InChI is InChI=1S/C18H22N4O/c1-2-6-19-18(3-1)22-10-14-8-21(9-15(14)11-22)12-16-7-17(23-20-16)13-4-5-13/h1-3,6-7,13-15H,4-5,8-12H2. The number of fused-ring (bicyclic) bond motifs is 1. The van der Waals surface area contributed by atoms with E-state index >= 15 is 0 Å². The SMILES string of the molecule is c1ccc(N2CC3CN(Cc4cc(C5CC5)on4)CC3C2)nc1. The molecular formula is C18H22N4O. The van der Waals surface area contributed by atoms with Crippen LogP contribution in [0, 0.1) is 11.8 Å². The van der Waals surface area contributed by atoms with E-state index in [4.69, 9.17) is 4.52 Å². The van der Waals surface area contributed by atoms with Crippen LogP contribution in [0.2, 0.25) is 0 Å². The summed E-state index contributed by atoms with van der Waals surface area (Å²) in [5.41, 5.74) is 1.11. The first-order valence-electron chi connectivity index (χ1n) is 8.69. The monoisotopic (exact) mass is 310 g/mol. The Bertz CT molecular complexity index is 667. The van der Waals surface area contributed by atoms with Crippen LogP contribution in [0.3, 0.4) is 0 Å². The van der Waals surface area contributed by atoms with Crippen molar-refractivity contribution in [3.8, 4) is 0 Å². The third kappa shape index (κ3) is 2.63. The largest absolute Gasteiger partial charge is 0.361 e. The Hall–Kier alpha value is -1.88. The molecule has 0 N–H and O–H groups in total. The number of nitrogens with zero attached hydrogens (tertiary/aromatic N) is 4. The predicted octanol–water partition coefficient (Wildman–Crippen LogP) is 2.52. The van der Waals surface area contributed by atoms with Crippen molar-refractivity contribution in [1.82, 2.24) is 15.0 Å². The van der Waals surface area contributed by atoms with Crippen molar-refractivity contribution < 1.29 is 4.52 Å². The van der Waals surface area contributed by atoms with Crippen molar-refractivity contribution in [1.29, 1.82) is 0 Å². The molecule has 2 unspecified atom stereocenters.